The number of amides is 1. The van der Waals surface area contributed by atoms with Crippen LogP contribution in [0.1, 0.15) is 16.1 Å². The van der Waals surface area contributed by atoms with Crippen LogP contribution in [-0.2, 0) is 6.54 Å². The van der Waals surface area contributed by atoms with Gasteiger partial charge >= 0.3 is 0 Å². The molecule has 0 atom stereocenters. The number of thiophene rings is 1. The summed E-state index contributed by atoms with van der Waals surface area (Å²) in [5.74, 6) is -0.0967. The molecule has 0 aliphatic heterocycles. The quantitative estimate of drug-likeness (QED) is 0.418. The highest BCUT2D eigenvalue weighted by molar-refractivity contribution is 9.10. The average Bonchev–Trinajstić information content (AvgIpc) is 3.42. The van der Waals surface area contributed by atoms with E-state index in [1.165, 1.54) is 11.3 Å². The molecular weight excluding hydrogens is 444 g/mol. The molecule has 4 rings (SSSR count). The minimum absolute atomic E-state index is 0.0967. The number of halogens is 1. The molecular formula is C19H15BrN4OS2. The minimum atomic E-state index is -0.0967. The molecule has 27 heavy (non-hydrogen) atoms. The second-order valence-corrected chi connectivity index (χ2v) is 8.64. The Morgan fingerprint density at radius 1 is 1.22 bits per heavy atom. The molecule has 3 heterocycles. The molecule has 0 spiro atoms. The predicted molar refractivity (Wildman–Crippen MR) is 112 cm³/mol. The van der Waals surface area contributed by atoms with Crippen LogP contribution in [0.2, 0.25) is 0 Å². The molecule has 0 fully saturated rings. The van der Waals surface area contributed by atoms with Crippen molar-refractivity contribution in [1.29, 1.82) is 0 Å². The molecule has 0 aliphatic carbocycles. The zero-order chi connectivity index (χ0) is 18.8. The van der Waals surface area contributed by atoms with Gasteiger partial charge in [0.1, 0.15) is 10.7 Å². The van der Waals surface area contributed by atoms with Crippen molar-refractivity contribution in [2.24, 2.45) is 0 Å². The number of thiazole rings is 1. The van der Waals surface area contributed by atoms with E-state index >= 15 is 0 Å². The van der Waals surface area contributed by atoms with Crippen molar-refractivity contribution < 1.29 is 4.79 Å². The summed E-state index contributed by atoms with van der Waals surface area (Å²) >= 11 is 6.54. The van der Waals surface area contributed by atoms with E-state index in [1.807, 2.05) is 58.0 Å². The largest absolute Gasteiger partial charge is 0.336 e. The number of benzene rings is 1. The van der Waals surface area contributed by atoms with E-state index in [1.54, 1.807) is 29.5 Å². The number of aromatic nitrogens is 3. The fraction of sp³-hybridized carbons (Fsp3) is 0.105. The van der Waals surface area contributed by atoms with Gasteiger partial charge in [0.15, 0.2) is 0 Å². The number of hydrogen-bond acceptors (Lipinski definition) is 5. The average molecular weight is 459 g/mol. The van der Waals surface area contributed by atoms with Gasteiger partial charge in [0.05, 0.1) is 16.8 Å². The van der Waals surface area contributed by atoms with E-state index < -0.39 is 0 Å². The van der Waals surface area contributed by atoms with Gasteiger partial charge < -0.3 is 4.90 Å². The summed E-state index contributed by atoms with van der Waals surface area (Å²) in [6, 6.07) is 11.9. The van der Waals surface area contributed by atoms with Crippen molar-refractivity contribution in [3.05, 3.63) is 75.3 Å². The third kappa shape index (κ3) is 4.02. The van der Waals surface area contributed by atoms with Crippen molar-refractivity contribution in [2.75, 3.05) is 7.05 Å². The molecule has 4 aromatic rings. The Morgan fingerprint density at radius 3 is 2.78 bits per heavy atom. The molecule has 5 nitrogen and oxygen atoms in total. The Balaban J connectivity index is 1.46. The van der Waals surface area contributed by atoms with Crippen LogP contribution < -0.4 is 0 Å². The summed E-state index contributed by atoms with van der Waals surface area (Å²) in [6.45, 7) is 0.475. The summed E-state index contributed by atoms with van der Waals surface area (Å²) in [5.41, 5.74) is 2.42. The highest BCUT2D eigenvalue weighted by Gasteiger charge is 2.17. The van der Waals surface area contributed by atoms with Gasteiger partial charge in [-0.3, -0.25) is 4.79 Å². The van der Waals surface area contributed by atoms with Crippen LogP contribution in [0.15, 0.2) is 64.0 Å². The monoisotopic (exact) mass is 458 g/mol. The maximum atomic E-state index is 12.7. The van der Waals surface area contributed by atoms with E-state index in [2.05, 4.69) is 26.0 Å². The summed E-state index contributed by atoms with van der Waals surface area (Å²) in [5, 5.41) is 9.06. The first-order valence-corrected chi connectivity index (χ1v) is 10.7. The van der Waals surface area contributed by atoms with Crippen LogP contribution in [0.3, 0.4) is 0 Å². The lowest BCUT2D eigenvalue weighted by Crippen LogP contribution is -2.26. The lowest BCUT2D eigenvalue weighted by Gasteiger charge is -2.14. The molecule has 0 N–H and O–H groups in total. The number of nitrogens with zero attached hydrogens (tertiary/aromatic N) is 4. The zero-order valence-electron chi connectivity index (χ0n) is 14.4. The van der Waals surface area contributed by atoms with Crippen molar-refractivity contribution in [3.8, 4) is 15.6 Å². The van der Waals surface area contributed by atoms with Crippen LogP contribution in [-0.4, -0.2) is 32.6 Å². The molecule has 3 aromatic heterocycles. The van der Waals surface area contributed by atoms with Crippen LogP contribution >= 0.6 is 38.6 Å². The van der Waals surface area contributed by atoms with E-state index in [0.29, 0.717) is 12.2 Å². The topological polar surface area (TPSA) is 51.0 Å². The molecule has 0 saturated heterocycles. The molecule has 0 aliphatic rings. The van der Waals surface area contributed by atoms with E-state index in [4.69, 9.17) is 0 Å². The van der Waals surface area contributed by atoms with E-state index in [-0.39, 0.29) is 5.91 Å². The normalized spacial score (nSPS) is 10.9. The molecule has 0 radical (unpaired) electrons. The molecule has 0 unspecified atom stereocenters. The van der Waals surface area contributed by atoms with Crippen molar-refractivity contribution >= 4 is 44.5 Å². The lowest BCUT2D eigenvalue weighted by molar-refractivity contribution is 0.0780. The third-order valence-corrected chi connectivity index (χ3v) is 6.63. The van der Waals surface area contributed by atoms with Gasteiger partial charge in [-0.05, 0) is 34.1 Å². The third-order valence-electron chi connectivity index (χ3n) is 3.92. The first-order chi connectivity index (χ1) is 13.1. The molecule has 0 bridgehead atoms. The highest BCUT2D eigenvalue weighted by Crippen LogP contribution is 2.32. The van der Waals surface area contributed by atoms with E-state index in [0.717, 1.165) is 25.6 Å². The van der Waals surface area contributed by atoms with Crippen LogP contribution in [0, 0.1) is 0 Å². The molecule has 1 amide bonds. The van der Waals surface area contributed by atoms with Gasteiger partial charge in [-0.1, -0.05) is 18.2 Å². The first-order valence-electron chi connectivity index (χ1n) is 8.14. The fourth-order valence-corrected chi connectivity index (χ4v) is 4.92. The molecule has 1 aromatic carbocycles. The van der Waals surface area contributed by atoms with Gasteiger partial charge in [-0.2, -0.15) is 5.10 Å². The zero-order valence-corrected chi connectivity index (χ0v) is 17.6. The van der Waals surface area contributed by atoms with Gasteiger partial charge in [-0.15, -0.1) is 22.7 Å². The first kappa shape index (κ1) is 18.1. The fourth-order valence-electron chi connectivity index (χ4n) is 2.62. The van der Waals surface area contributed by atoms with Gasteiger partial charge in [-0.25, -0.2) is 9.67 Å². The Kier molecular flexibility index (Phi) is 5.20. The Hall–Kier alpha value is -2.29. The van der Waals surface area contributed by atoms with E-state index in [9.17, 15) is 4.79 Å². The van der Waals surface area contributed by atoms with Crippen LogP contribution in [0.5, 0.6) is 0 Å². The Bertz CT molecular complexity index is 1070. The second kappa shape index (κ2) is 7.75. The van der Waals surface area contributed by atoms with Crippen molar-refractivity contribution in [2.45, 2.75) is 6.54 Å². The summed E-state index contributed by atoms with van der Waals surface area (Å²) < 4.78 is 2.83. The standard InChI is InChI=1S/C19H15BrN4OS2/c1-23(9-13-8-21-24(10-13)15-5-3-2-4-6-15)19(25)16-12-27-18(22-16)17-7-14(20)11-26-17/h2-8,10-12H,9H2,1H3. The number of carbonyl (C=O) groups is 1. The van der Waals surface area contributed by atoms with Gasteiger partial charge in [0, 0.05) is 40.6 Å². The lowest BCUT2D eigenvalue weighted by atomic mass is 10.3. The Labute approximate surface area is 173 Å². The summed E-state index contributed by atoms with van der Waals surface area (Å²) in [7, 11) is 1.78. The van der Waals surface area contributed by atoms with Crippen molar-refractivity contribution in [1.82, 2.24) is 19.7 Å². The highest BCUT2D eigenvalue weighted by atomic mass is 79.9. The number of carbonyl (C=O) groups excluding carboxylic acids is 1. The van der Waals surface area contributed by atoms with Gasteiger partial charge in [0.2, 0.25) is 0 Å². The molecule has 136 valence electrons. The maximum Gasteiger partial charge on any atom is 0.273 e. The number of hydrogen-bond donors (Lipinski definition) is 0. The van der Waals surface area contributed by atoms with Gasteiger partial charge in [0.25, 0.3) is 5.91 Å². The summed E-state index contributed by atoms with van der Waals surface area (Å²) in [6.07, 6.45) is 3.72. The van der Waals surface area contributed by atoms with Crippen LogP contribution in [0.25, 0.3) is 15.6 Å². The van der Waals surface area contributed by atoms with Crippen molar-refractivity contribution in [3.63, 3.8) is 0 Å². The smallest absolute Gasteiger partial charge is 0.273 e. The molecule has 8 heteroatoms. The number of para-hydroxylation sites is 1. The minimum Gasteiger partial charge on any atom is -0.336 e. The van der Waals surface area contributed by atoms with Crippen LogP contribution in [0.4, 0.5) is 0 Å². The predicted octanol–water partition coefficient (Wildman–Crippen LogP) is 5.09. The summed E-state index contributed by atoms with van der Waals surface area (Å²) in [4.78, 5) is 19.9. The molecule has 0 saturated carbocycles. The second-order valence-electron chi connectivity index (χ2n) is 5.96. The number of rotatable bonds is 5. The Morgan fingerprint density at radius 2 is 2.04 bits per heavy atom. The maximum absolute atomic E-state index is 12.7. The SMILES string of the molecule is CN(Cc1cnn(-c2ccccc2)c1)C(=O)c1csc(-c2cc(Br)cs2)n1.